The first-order valence-electron chi connectivity index (χ1n) is 11.8. The topological polar surface area (TPSA) is 75.7 Å². The van der Waals surface area contributed by atoms with Gasteiger partial charge in [-0.05, 0) is 51.0 Å². The van der Waals surface area contributed by atoms with E-state index in [4.69, 9.17) is 4.43 Å². The molecule has 1 N–H and O–H groups in total. The van der Waals surface area contributed by atoms with Crippen molar-refractivity contribution in [1.82, 2.24) is 10.2 Å². The Bertz CT molecular complexity index is 879. The van der Waals surface area contributed by atoms with Gasteiger partial charge < -0.3 is 14.6 Å². The van der Waals surface area contributed by atoms with Crippen molar-refractivity contribution in [2.75, 3.05) is 13.1 Å². The summed E-state index contributed by atoms with van der Waals surface area (Å²) in [6.07, 6.45) is -0.263. The van der Waals surface area contributed by atoms with Gasteiger partial charge in [-0.15, -0.1) is 0 Å². The van der Waals surface area contributed by atoms with Gasteiger partial charge in [-0.1, -0.05) is 51.6 Å². The highest BCUT2D eigenvalue weighted by atomic mass is 32.2. The molecule has 0 bridgehead atoms. The number of rotatable bonds is 9. The quantitative estimate of drug-likeness (QED) is 0.300. The Morgan fingerprint density at radius 1 is 1.15 bits per heavy atom. The van der Waals surface area contributed by atoms with Crippen LogP contribution in [-0.2, 0) is 14.0 Å². The van der Waals surface area contributed by atoms with Gasteiger partial charge in [0.25, 0.3) is 5.91 Å². The number of benzene rings is 1. The lowest BCUT2D eigenvalue weighted by molar-refractivity contribution is -0.143. The lowest BCUT2D eigenvalue weighted by atomic mass is 9.79. The van der Waals surface area contributed by atoms with Crippen molar-refractivity contribution < 1.29 is 18.8 Å². The molecule has 1 aromatic carbocycles. The van der Waals surface area contributed by atoms with Crippen molar-refractivity contribution in [3.63, 3.8) is 0 Å². The van der Waals surface area contributed by atoms with E-state index in [1.807, 2.05) is 45.9 Å². The van der Waals surface area contributed by atoms with Gasteiger partial charge in [0.1, 0.15) is 0 Å². The molecule has 0 saturated carbocycles. The SMILES string of the molecule is CCN(CC)C(=O)c1ccccc1SC(=O)[C@@H](C)[C@H]1NC(=O)[C@@H]1[C@@H](C)O[Si](C)(C)C(C)(C)C. The maximum atomic E-state index is 13.2. The lowest BCUT2D eigenvalue weighted by Crippen LogP contribution is -2.66. The maximum Gasteiger partial charge on any atom is 0.254 e. The molecule has 1 aromatic rings. The number of amides is 2. The highest BCUT2D eigenvalue weighted by Crippen LogP contribution is 2.40. The highest BCUT2D eigenvalue weighted by molar-refractivity contribution is 8.13. The third-order valence-electron chi connectivity index (χ3n) is 7.08. The number of nitrogens with one attached hydrogen (secondary N) is 1. The third-order valence-corrected chi connectivity index (χ3v) is 12.8. The minimum absolute atomic E-state index is 0.0371. The van der Waals surface area contributed by atoms with Crippen LogP contribution in [0.1, 0.15) is 58.8 Å². The highest BCUT2D eigenvalue weighted by Gasteiger charge is 2.50. The zero-order chi connectivity index (χ0) is 25.1. The molecule has 6 nitrogen and oxygen atoms in total. The molecule has 1 aliphatic rings. The summed E-state index contributed by atoms with van der Waals surface area (Å²) in [6, 6.07) is 6.96. The van der Waals surface area contributed by atoms with Gasteiger partial charge in [0.2, 0.25) is 5.91 Å². The van der Waals surface area contributed by atoms with E-state index in [2.05, 4.69) is 39.2 Å². The van der Waals surface area contributed by atoms with Crippen molar-refractivity contribution in [3.05, 3.63) is 29.8 Å². The molecule has 2 rings (SSSR count). The largest absolute Gasteiger partial charge is 0.413 e. The molecule has 2 amide bonds. The van der Waals surface area contributed by atoms with Gasteiger partial charge in [-0.3, -0.25) is 14.4 Å². The molecule has 0 radical (unpaired) electrons. The standard InChI is InChI=1S/C25H40N2O4SSi/c1-10-27(11-2)23(29)18-14-12-13-15-19(18)32-24(30)16(3)21-20(22(28)26-21)17(4)31-33(8,9)25(5,6)7/h12-17,20-21H,10-11H2,1-9H3,(H,26,28)/t16-,17+,20+,21+/m0/s1. The van der Waals surface area contributed by atoms with Crippen LogP contribution in [0.5, 0.6) is 0 Å². The summed E-state index contributed by atoms with van der Waals surface area (Å²) < 4.78 is 6.47. The molecule has 8 heteroatoms. The van der Waals surface area contributed by atoms with Gasteiger partial charge in [0.05, 0.1) is 23.6 Å². The van der Waals surface area contributed by atoms with Crippen LogP contribution in [-0.4, -0.2) is 55.4 Å². The number of hydrogen-bond donors (Lipinski definition) is 1. The molecule has 1 heterocycles. The van der Waals surface area contributed by atoms with Crippen molar-refractivity contribution in [2.24, 2.45) is 11.8 Å². The summed E-state index contributed by atoms with van der Waals surface area (Å²) in [6.45, 7) is 19.7. The molecule has 1 aliphatic heterocycles. The average Bonchev–Trinajstić information content (AvgIpc) is 2.71. The Kier molecular flexibility index (Phi) is 8.98. The fourth-order valence-electron chi connectivity index (χ4n) is 3.83. The van der Waals surface area contributed by atoms with E-state index >= 15 is 0 Å². The lowest BCUT2D eigenvalue weighted by Gasteiger charge is -2.46. The molecule has 184 valence electrons. The molecule has 1 fully saturated rings. The molecule has 0 aliphatic carbocycles. The fourth-order valence-corrected chi connectivity index (χ4v) is 6.23. The van der Waals surface area contributed by atoms with Crippen LogP contribution in [0.2, 0.25) is 18.1 Å². The smallest absolute Gasteiger partial charge is 0.254 e. The van der Waals surface area contributed by atoms with Crippen LogP contribution >= 0.6 is 11.8 Å². The van der Waals surface area contributed by atoms with E-state index in [-0.39, 0.29) is 40.0 Å². The Morgan fingerprint density at radius 2 is 1.73 bits per heavy atom. The number of β-lactam (4-membered cyclic amide) rings is 1. The minimum Gasteiger partial charge on any atom is -0.413 e. The normalized spacial score (nSPS) is 20.5. The fraction of sp³-hybridized carbons (Fsp3) is 0.640. The van der Waals surface area contributed by atoms with E-state index in [1.165, 1.54) is 0 Å². The number of carbonyl (C=O) groups is 3. The van der Waals surface area contributed by atoms with Crippen LogP contribution < -0.4 is 5.32 Å². The van der Waals surface area contributed by atoms with Crippen LogP contribution in [0.4, 0.5) is 0 Å². The molecule has 0 unspecified atom stereocenters. The zero-order valence-corrected chi connectivity index (χ0v) is 23.3. The summed E-state index contributed by atoms with van der Waals surface area (Å²) in [4.78, 5) is 41.0. The zero-order valence-electron chi connectivity index (χ0n) is 21.5. The monoisotopic (exact) mass is 492 g/mol. The second-order valence-electron chi connectivity index (χ2n) is 10.3. The van der Waals surface area contributed by atoms with Gasteiger partial charge in [-0.25, -0.2) is 0 Å². The minimum atomic E-state index is -2.05. The second kappa shape index (κ2) is 10.7. The molecule has 1 saturated heterocycles. The first kappa shape index (κ1) is 27.6. The molecular formula is C25H40N2O4SSi. The molecule has 0 spiro atoms. The number of nitrogens with zero attached hydrogens (tertiary/aromatic N) is 1. The van der Waals surface area contributed by atoms with E-state index in [0.717, 1.165) is 11.8 Å². The molecule has 0 aromatic heterocycles. The predicted molar refractivity (Wildman–Crippen MR) is 137 cm³/mol. The Labute approximate surface area is 204 Å². The first-order valence-corrected chi connectivity index (χ1v) is 15.6. The summed E-state index contributed by atoms with van der Waals surface area (Å²) in [5, 5.41) is 2.90. The van der Waals surface area contributed by atoms with Gasteiger partial charge in [-0.2, -0.15) is 0 Å². The van der Waals surface area contributed by atoms with E-state index in [9.17, 15) is 14.4 Å². The average molecular weight is 493 g/mol. The number of carbonyl (C=O) groups excluding carboxylic acids is 3. The van der Waals surface area contributed by atoms with Gasteiger partial charge >= 0.3 is 0 Å². The second-order valence-corrected chi connectivity index (χ2v) is 16.1. The molecular weight excluding hydrogens is 452 g/mol. The van der Waals surface area contributed by atoms with E-state index in [1.54, 1.807) is 11.0 Å². The van der Waals surface area contributed by atoms with Crippen molar-refractivity contribution >= 4 is 37.0 Å². The van der Waals surface area contributed by atoms with Crippen LogP contribution in [0, 0.1) is 11.8 Å². The summed E-state index contributed by atoms with van der Waals surface area (Å²) in [5.74, 6) is -0.895. The Hall–Kier alpha value is -1.64. The molecule has 4 atom stereocenters. The summed E-state index contributed by atoms with van der Waals surface area (Å²) >= 11 is 1.09. The Balaban J connectivity index is 2.15. The van der Waals surface area contributed by atoms with E-state index < -0.39 is 14.2 Å². The van der Waals surface area contributed by atoms with Crippen LogP contribution in [0.25, 0.3) is 0 Å². The van der Waals surface area contributed by atoms with Crippen molar-refractivity contribution in [1.29, 1.82) is 0 Å². The van der Waals surface area contributed by atoms with Crippen molar-refractivity contribution in [2.45, 2.75) is 83.6 Å². The van der Waals surface area contributed by atoms with E-state index in [0.29, 0.717) is 23.5 Å². The van der Waals surface area contributed by atoms with Gasteiger partial charge in [0, 0.05) is 23.9 Å². The van der Waals surface area contributed by atoms with Gasteiger partial charge in [0.15, 0.2) is 13.4 Å². The summed E-state index contributed by atoms with van der Waals surface area (Å²) in [5.41, 5.74) is 0.538. The first-order chi connectivity index (χ1) is 15.2. The van der Waals surface area contributed by atoms with Crippen molar-refractivity contribution in [3.8, 4) is 0 Å². The summed E-state index contributed by atoms with van der Waals surface area (Å²) in [7, 11) is -2.05. The number of hydrogen-bond acceptors (Lipinski definition) is 5. The predicted octanol–water partition coefficient (Wildman–Crippen LogP) is 4.95. The maximum absolute atomic E-state index is 13.2. The third kappa shape index (κ3) is 6.08. The molecule has 33 heavy (non-hydrogen) atoms. The van der Waals surface area contributed by atoms with Crippen LogP contribution in [0.15, 0.2) is 29.2 Å². The Morgan fingerprint density at radius 3 is 2.24 bits per heavy atom. The van der Waals surface area contributed by atoms with Crippen LogP contribution in [0.3, 0.4) is 0 Å². The number of thioether (sulfide) groups is 1.